The lowest BCUT2D eigenvalue weighted by atomic mass is 9.96. The van der Waals surface area contributed by atoms with E-state index < -0.39 is 5.41 Å². The first-order valence-corrected chi connectivity index (χ1v) is 9.42. The van der Waals surface area contributed by atoms with Gasteiger partial charge in [-0.25, -0.2) is 4.98 Å². The number of aromatic nitrogens is 1. The van der Waals surface area contributed by atoms with Crippen molar-refractivity contribution in [2.75, 3.05) is 11.9 Å². The largest absolute Gasteiger partial charge is 0.438 e. The van der Waals surface area contributed by atoms with Crippen molar-refractivity contribution in [3.05, 3.63) is 47.7 Å². The number of hydrogen-bond acceptors (Lipinski definition) is 5. The standard InChI is InChI=1S/C22H26N4O3/c1-15-13-17(29-20-16(14-23)7-5-11-24-20)9-10-18(15)26-19(27)8-6-12-25-21(28)22(2,3)4/h5,7,9-11,13H,6,8,12H2,1-4H3,(H,25,28)(H,26,27). The highest BCUT2D eigenvalue weighted by Crippen LogP contribution is 2.26. The van der Waals surface area contributed by atoms with Crippen LogP contribution in [0.25, 0.3) is 0 Å². The smallest absolute Gasteiger partial charge is 0.237 e. The monoisotopic (exact) mass is 394 g/mol. The van der Waals surface area contributed by atoms with Gasteiger partial charge in [0.1, 0.15) is 17.4 Å². The number of anilines is 1. The predicted molar refractivity (Wildman–Crippen MR) is 111 cm³/mol. The molecule has 0 bridgehead atoms. The number of ether oxygens (including phenoxy) is 1. The quantitative estimate of drug-likeness (QED) is 0.692. The topological polar surface area (TPSA) is 104 Å². The molecule has 1 heterocycles. The van der Waals surface area contributed by atoms with Crippen molar-refractivity contribution in [3.63, 3.8) is 0 Å². The Morgan fingerprint density at radius 2 is 2.00 bits per heavy atom. The minimum absolute atomic E-state index is 0.0307. The molecule has 29 heavy (non-hydrogen) atoms. The number of nitriles is 1. The van der Waals surface area contributed by atoms with Gasteiger partial charge in [-0.1, -0.05) is 20.8 Å². The van der Waals surface area contributed by atoms with Crippen LogP contribution in [0.1, 0.15) is 44.7 Å². The van der Waals surface area contributed by atoms with Gasteiger partial charge in [-0.2, -0.15) is 5.26 Å². The summed E-state index contributed by atoms with van der Waals surface area (Å²) in [6, 6.07) is 10.6. The van der Waals surface area contributed by atoms with Crippen LogP contribution >= 0.6 is 0 Å². The van der Waals surface area contributed by atoms with Crippen molar-refractivity contribution in [1.29, 1.82) is 5.26 Å². The van der Waals surface area contributed by atoms with Crippen LogP contribution < -0.4 is 15.4 Å². The molecule has 0 aliphatic carbocycles. The van der Waals surface area contributed by atoms with Crippen molar-refractivity contribution in [1.82, 2.24) is 10.3 Å². The van der Waals surface area contributed by atoms with Crippen molar-refractivity contribution >= 4 is 17.5 Å². The molecular formula is C22H26N4O3. The number of carbonyl (C=O) groups excluding carboxylic acids is 2. The Kier molecular flexibility index (Phi) is 7.32. The average molecular weight is 394 g/mol. The van der Waals surface area contributed by atoms with Gasteiger partial charge in [0.05, 0.1) is 0 Å². The number of nitrogens with one attached hydrogen (secondary N) is 2. The summed E-state index contributed by atoms with van der Waals surface area (Å²) in [4.78, 5) is 28.0. The lowest BCUT2D eigenvalue weighted by Gasteiger charge is -2.17. The van der Waals surface area contributed by atoms with Gasteiger partial charge in [0.2, 0.25) is 17.7 Å². The molecule has 1 aromatic heterocycles. The third-order valence-corrected chi connectivity index (χ3v) is 4.13. The van der Waals surface area contributed by atoms with Gasteiger partial charge in [0.25, 0.3) is 0 Å². The molecular weight excluding hydrogens is 368 g/mol. The van der Waals surface area contributed by atoms with E-state index in [1.54, 1.807) is 36.5 Å². The van der Waals surface area contributed by atoms with Crippen LogP contribution in [-0.4, -0.2) is 23.3 Å². The number of rotatable bonds is 7. The summed E-state index contributed by atoms with van der Waals surface area (Å²) >= 11 is 0. The van der Waals surface area contributed by atoms with Gasteiger partial charge in [0.15, 0.2) is 0 Å². The summed E-state index contributed by atoms with van der Waals surface area (Å²) in [5, 5.41) is 14.8. The Hall–Kier alpha value is -3.40. The van der Waals surface area contributed by atoms with E-state index >= 15 is 0 Å². The van der Waals surface area contributed by atoms with Gasteiger partial charge in [-0.15, -0.1) is 0 Å². The summed E-state index contributed by atoms with van der Waals surface area (Å²) in [6.07, 6.45) is 2.42. The number of aryl methyl sites for hydroxylation is 1. The molecule has 0 radical (unpaired) electrons. The molecule has 0 aliphatic rings. The molecule has 0 fully saturated rings. The summed E-state index contributed by atoms with van der Waals surface area (Å²) in [5.41, 5.74) is 1.42. The fourth-order valence-electron chi connectivity index (χ4n) is 2.44. The molecule has 2 N–H and O–H groups in total. The molecule has 152 valence electrons. The van der Waals surface area contributed by atoms with Crippen LogP contribution in [0.3, 0.4) is 0 Å². The summed E-state index contributed by atoms with van der Waals surface area (Å²) in [5.74, 6) is 0.615. The number of benzene rings is 1. The number of nitrogens with zero attached hydrogens (tertiary/aromatic N) is 2. The predicted octanol–water partition coefficient (Wildman–Crippen LogP) is 3.94. The van der Waals surface area contributed by atoms with Crippen molar-refractivity contribution in [2.24, 2.45) is 5.41 Å². The van der Waals surface area contributed by atoms with Crippen molar-refractivity contribution in [2.45, 2.75) is 40.5 Å². The third-order valence-electron chi connectivity index (χ3n) is 4.13. The lowest BCUT2D eigenvalue weighted by Crippen LogP contribution is -2.35. The van der Waals surface area contributed by atoms with E-state index in [1.165, 1.54) is 0 Å². The van der Waals surface area contributed by atoms with Gasteiger partial charge >= 0.3 is 0 Å². The second-order valence-electron chi connectivity index (χ2n) is 7.70. The first-order chi connectivity index (χ1) is 13.7. The minimum atomic E-state index is -0.438. The fraction of sp³-hybridized carbons (Fsp3) is 0.364. The second-order valence-corrected chi connectivity index (χ2v) is 7.70. The van der Waals surface area contributed by atoms with E-state index in [4.69, 9.17) is 10.00 Å². The average Bonchev–Trinajstić information content (AvgIpc) is 2.67. The Bertz CT molecular complexity index is 926. The molecule has 0 unspecified atom stereocenters. The maximum Gasteiger partial charge on any atom is 0.237 e. The Morgan fingerprint density at radius 1 is 1.24 bits per heavy atom. The zero-order chi connectivity index (χ0) is 21.4. The normalized spacial score (nSPS) is 10.7. The van der Waals surface area contributed by atoms with E-state index in [9.17, 15) is 9.59 Å². The molecule has 2 amide bonds. The molecule has 2 aromatic rings. The zero-order valence-electron chi connectivity index (χ0n) is 17.2. The first-order valence-electron chi connectivity index (χ1n) is 9.42. The highest BCUT2D eigenvalue weighted by atomic mass is 16.5. The number of carbonyl (C=O) groups is 2. The van der Waals surface area contributed by atoms with Crippen LogP contribution in [-0.2, 0) is 9.59 Å². The van der Waals surface area contributed by atoms with E-state index in [-0.39, 0.29) is 17.7 Å². The van der Waals surface area contributed by atoms with E-state index in [0.717, 1.165) is 5.56 Å². The Morgan fingerprint density at radius 3 is 2.66 bits per heavy atom. The van der Waals surface area contributed by atoms with Crippen molar-refractivity contribution in [3.8, 4) is 17.7 Å². The van der Waals surface area contributed by atoms with Crippen molar-refractivity contribution < 1.29 is 14.3 Å². The molecule has 0 aliphatic heterocycles. The SMILES string of the molecule is Cc1cc(Oc2ncccc2C#N)ccc1NC(=O)CCCNC(=O)C(C)(C)C. The summed E-state index contributed by atoms with van der Waals surface area (Å²) in [7, 11) is 0. The highest BCUT2D eigenvalue weighted by molar-refractivity contribution is 5.91. The molecule has 1 aromatic carbocycles. The Labute approximate surface area is 171 Å². The second kappa shape index (κ2) is 9.69. The lowest BCUT2D eigenvalue weighted by molar-refractivity contribution is -0.128. The van der Waals surface area contributed by atoms with E-state index in [1.807, 2.05) is 33.8 Å². The maximum absolute atomic E-state index is 12.2. The zero-order valence-corrected chi connectivity index (χ0v) is 17.2. The number of amides is 2. The first kappa shape index (κ1) is 21.9. The Balaban J connectivity index is 1.88. The van der Waals surface area contributed by atoms with Crippen LogP contribution in [0.4, 0.5) is 5.69 Å². The molecule has 7 nitrogen and oxygen atoms in total. The molecule has 0 spiro atoms. The van der Waals surface area contributed by atoms with Gasteiger partial charge in [-0.3, -0.25) is 9.59 Å². The minimum Gasteiger partial charge on any atom is -0.438 e. The molecule has 0 saturated heterocycles. The van der Waals surface area contributed by atoms with E-state index in [2.05, 4.69) is 15.6 Å². The molecule has 2 rings (SSSR count). The van der Waals surface area contributed by atoms with Crippen LogP contribution in [0.5, 0.6) is 11.6 Å². The van der Waals surface area contributed by atoms with Gasteiger partial charge in [-0.05, 0) is 49.2 Å². The molecule has 7 heteroatoms. The number of hydrogen-bond donors (Lipinski definition) is 2. The third kappa shape index (κ3) is 6.61. The summed E-state index contributed by atoms with van der Waals surface area (Å²) < 4.78 is 5.68. The highest BCUT2D eigenvalue weighted by Gasteiger charge is 2.20. The van der Waals surface area contributed by atoms with Gasteiger partial charge in [0, 0.05) is 30.3 Å². The fourth-order valence-corrected chi connectivity index (χ4v) is 2.44. The van der Waals surface area contributed by atoms with E-state index in [0.29, 0.717) is 36.4 Å². The number of pyridine rings is 1. The van der Waals surface area contributed by atoms with Crippen LogP contribution in [0.2, 0.25) is 0 Å². The van der Waals surface area contributed by atoms with Crippen LogP contribution in [0.15, 0.2) is 36.5 Å². The molecule has 0 saturated carbocycles. The van der Waals surface area contributed by atoms with Crippen LogP contribution in [0, 0.1) is 23.7 Å². The molecule has 0 atom stereocenters. The van der Waals surface area contributed by atoms with Gasteiger partial charge < -0.3 is 15.4 Å². The summed E-state index contributed by atoms with van der Waals surface area (Å²) in [6.45, 7) is 7.86. The maximum atomic E-state index is 12.2.